The molecule has 3 amide bonds. The maximum absolute atomic E-state index is 13.1. The summed E-state index contributed by atoms with van der Waals surface area (Å²) in [5, 5.41) is 11.4. The van der Waals surface area contributed by atoms with Crippen LogP contribution in [0.3, 0.4) is 0 Å². The third-order valence-electron chi connectivity index (χ3n) is 2.34. The van der Waals surface area contributed by atoms with Gasteiger partial charge in [0.2, 0.25) is 0 Å². The molecule has 104 valence electrons. The van der Waals surface area contributed by atoms with Crippen LogP contribution in [0.2, 0.25) is 0 Å². The summed E-state index contributed by atoms with van der Waals surface area (Å²) in [6, 6.07) is 2.56. The number of nitrogens with two attached hydrogens (primary N) is 1. The minimum absolute atomic E-state index is 0.156. The van der Waals surface area contributed by atoms with E-state index in [1.165, 1.54) is 19.9 Å². The van der Waals surface area contributed by atoms with Gasteiger partial charge in [0.15, 0.2) is 6.10 Å². The van der Waals surface area contributed by atoms with E-state index in [4.69, 9.17) is 10.5 Å². The van der Waals surface area contributed by atoms with Crippen molar-refractivity contribution in [3.8, 4) is 5.75 Å². The largest absolute Gasteiger partial charge is 0.480 e. The number of carbonyl (C=O) groups is 2. The number of nitrogens with one attached hydrogen (secondary N) is 1. The summed E-state index contributed by atoms with van der Waals surface area (Å²) in [6.07, 6.45) is -1.98. The topological polar surface area (TPSA) is 102 Å². The SMILES string of the molecule is CC(Oc1ccc(F)cc1[C@@H](C)O)C(=O)NC(N)=O. The Kier molecular flexibility index (Phi) is 4.82. The lowest BCUT2D eigenvalue weighted by molar-refractivity contribution is -0.126. The highest BCUT2D eigenvalue weighted by Gasteiger charge is 2.19. The average Bonchev–Trinajstić information content (AvgIpc) is 2.30. The van der Waals surface area contributed by atoms with Gasteiger partial charge in [-0.2, -0.15) is 0 Å². The number of aliphatic hydroxyl groups excluding tert-OH is 1. The number of hydrogen-bond donors (Lipinski definition) is 3. The fourth-order valence-electron chi connectivity index (χ4n) is 1.42. The third-order valence-corrected chi connectivity index (χ3v) is 2.34. The predicted molar refractivity (Wildman–Crippen MR) is 64.8 cm³/mol. The third kappa shape index (κ3) is 4.22. The van der Waals surface area contributed by atoms with Gasteiger partial charge in [-0.1, -0.05) is 0 Å². The predicted octanol–water partition coefficient (Wildman–Crippen LogP) is 0.841. The quantitative estimate of drug-likeness (QED) is 0.754. The van der Waals surface area contributed by atoms with E-state index >= 15 is 0 Å². The molecule has 1 unspecified atom stereocenters. The molecule has 1 aromatic rings. The number of halogens is 1. The van der Waals surface area contributed by atoms with Gasteiger partial charge in [0.1, 0.15) is 11.6 Å². The normalized spacial score (nSPS) is 13.5. The Bertz CT molecular complexity index is 491. The molecule has 6 nitrogen and oxygen atoms in total. The second kappa shape index (κ2) is 6.14. The maximum atomic E-state index is 13.1. The molecule has 4 N–H and O–H groups in total. The van der Waals surface area contributed by atoms with Crippen molar-refractivity contribution in [3.05, 3.63) is 29.6 Å². The molecule has 7 heteroatoms. The summed E-state index contributed by atoms with van der Waals surface area (Å²) < 4.78 is 18.3. The van der Waals surface area contributed by atoms with E-state index in [2.05, 4.69) is 0 Å². The van der Waals surface area contributed by atoms with Crippen molar-refractivity contribution in [1.29, 1.82) is 0 Å². The summed E-state index contributed by atoms with van der Waals surface area (Å²) in [6.45, 7) is 2.84. The highest BCUT2D eigenvalue weighted by atomic mass is 19.1. The molecule has 0 fully saturated rings. The van der Waals surface area contributed by atoms with Crippen molar-refractivity contribution in [2.75, 3.05) is 0 Å². The summed E-state index contributed by atoms with van der Waals surface area (Å²) >= 11 is 0. The molecule has 1 aromatic carbocycles. The Balaban J connectivity index is 2.87. The van der Waals surface area contributed by atoms with Crippen LogP contribution in [0.4, 0.5) is 9.18 Å². The molecule has 2 atom stereocenters. The van der Waals surface area contributed by atoms with E-state index in [-0.39, 0.29) is 11.3 Å². The van der Waals surface area contributed by atoms with Crippen LogP contribution in [0, 0.1) is 5.82 Å². The van der Waals surface area contributed by atoms with Gasteiger partial charge >= 0.3 is 6.03 Å². The summed E-state index contributed by atoms with van der Waals surface area (Å²) in [5.41, 5.74) is 5.01. The van der Waals surface area contributed by atoms with Crippen LogP contribution in [0.15, 0.2) is 18.2 Å². The fourth-order valence-corrected chi connectivity index (χ4v) is 1.42. The molecule has 19 heavy (non-hydrogen) atoms. The molecule has 0 aliphatic carbocycles. The molecule has 0 aliphatic rings. The van der Waals surface area contributed by atoms with E-state index < -0.39 is 30.0 Å². The van der Waals surface area contributed by atoms with Crippen LogP contribution < -0.4 is 15.8 Å². The molecule has 0 saturated carbocycles. The number of carbonyl (C=O) groups excluding carboxylic acids is 2. The monoisotopic (exact) mass is 270 g/mol. The Labute approximate surface area is 109 Å². The molecule has 0 aromatic heterocycles. The lowest BCUT2D eigenvalue weighted by Gasteiger charge is -2.17. The number of ether oxygens (including phenoxy) is 1. The van der Waals surface area contributed by atoms with Crippen LogP contribution in [0.5, 0.6) is 5.75 Å². The molecule has 0 aliphatic heterocycles. The highest BCUT2D eigenvalue weighted by Crippen LogP contribution is 2.26. The minimum Gasteiger partial charge on any atom is -0.480 e. The molecule has 0 spiro atoms. The first-order valence-electron chi connectivity index (χ1n) is 5.55. The van der Waals surface area contributed by atoms with Crippen LogP contribution in [0.25, 0.3) is 0 Å². The number of rotatable bonds is 4. The number of hydrogen-bond acceptors (Lipinski definition) is 4. The number of primary amides is 1. The molecular formula is C12H15FN2O4. The molecule has 1 rings (SSSR count). The summed E-state index contributed by atoms with van der Waals surface area (Å²) in [5.74, 6) is -1.10. The van der Waals surface area contributed by atoms with Crippen molar-refractivity contribution < 1.29 is 23.8 Å². The van der Waals surface area contributed by atoms with Crippen LogP contribution in [0.1, 0.15) is 25.5 Å². The number of imide groups is 1. The van der Waals surface area contributed by atoms with Crippen molar-refractivity contribution in [2.45, 2.75) is 26.1 Å². The molecular weight excluding hydrogens is 255 g/mol. The van der Waals surface area contributed by atoms with Gasteiger partial charge in [0, 0.05) is 5.56 Å². The molecule has 0 heterocycles. The Morgan fingerprint density at radius 3 is 2.58 bits per heavy atom. The Hall–Kier alpha value is -2.15. The first-order chi connectivity index (χ1) is 8.81. The first kappa shape index (κ1) is 14.9. The van der Waals surface area contributed by atoms with E-state index in [0.717, 1.165) is 12.1 Å². The maximum Gasteiger partial charge on any atom is 0.318 e. The van der Waals surface area contributed by atoms with Gasteiger partial charge in [-0.25, -0.2) is 9.18 Å². The van der Waals surface area contributed by atoms with Crippen molar-refractivity contribution >= 4 is 11.9 Å². The number of aliphatic hydroxyl groups is 1. The van der Waals surface area contributed by atoms with Crippen molar-refractivity contribution in [1.82, 2.24) is 5.32 Å². The van der Waals surface area contributed by atoms with E-state index in [1.54, 1.807) is 0 Å². The molecule has 0 bridgehead atoms. The second-order valence-corrected chi connectivity index (χ2v) is 3.97. The zero-order valence-corrected chi connectivity index (χ0v) is 10.5. The van der Waals surface area contributed by atoms with Crippen LogP contribution in [-0.2, 0) is 4.79 Å². The summed E-state index contributed by atoms with van der Waals surface area (Å²) in [7, 11) is 0. The van der Waals surface area contributed by atoms with Crippen molar-refractivity contribution in [2.24, 2.45) is 5.73 Å². The smallest absolute Gasteiger partial charge is 0.318 e. The van der Waals surface area contributed by atoms with Crippen LogP contribution in [-0.4, -0.2) is 23.1 Å². The number of urea groups is 1. The zero-order valence-electron chi connectivity index (χ0n) is 10.5. The van der Waals surface area contributed by atoms with Gasteiger partial charge < -0.3 is 15.6 Å². The highest BCUT2D eigenvalue weighted by molar-refractivity contribution is 5.95. The number of amides is 3. The minimum atomic E-state index is -1.02. The standard InChI is InChI=1S/C12H15FN2O4/c1-6(16)9-5-8(13)3-4-10(9)19-7(2)11(17)15-12(14)18/h3-7,16H,1-2H3,(H3,14,15,17,18)/t6-,7?/m1/s1. The molecule has 0 radical (unpaired) electrons. The van der Waals surface area contributed by atoms with Crippen LogP contribution >= 0.6 is 0 Å². The fraction of sp³-hybridized carbons (Fsp3) is 0.333. The van der Waals surface area contributed by atoms with Gasteiger partial charge in [-0.05, 0) is 32.0 Å². The van der Waals surface area contributed by atoms with Crippen molar-refractivity contribution in [3.63, 3.8) is 0 Å². The molecule has 0 saturated heterocycles. The van der Waals surface area contributed by atoms with Gasteiger partial charge in [-0.15, -0.1) is 0 Å². The van der Waals surface area contributed by atoms with Gasteiger partial charge in [0.05, 0.1) is 6.10 Å². The van der Waals surface area contributed by atoms with Gasteiger partial charge in [0.25, 0.3) is 5.91 Å². The first-order valence-corrected chi connectivity index (χ1v) is 5.55. The summed E-state index contributed by atoms with van der Waals surface area (Å²) in [4.78, 5) is 22.0. The lowest BCUT2D eigenvalue weighted by Crippen LogP contribution is -2.42. The average molecular weight is 270 g/mol. The second-order valence-electron chi connectivity index (χ2n) is 3.97. The lowest BCUT2D eigenvalue weighted by atomic mass is 10.1. The van der Waals surface area contributed by atoms with E-state index in [9.17, 15) is 19.1 Å². The Morgan fingerprint density at radius 2 is 2.05 bits per heavy atom. The number of benzene rings is 1. The Morgan fingerprint density at radius 1 is 1.42 bits per heavy atom. The van der Waals surface area contributed by atoms with E-state index in [1.807, 2.05) is 5.32 Å². The van der Waals surface area contributed by atoms with E-state index in [0.29, 0.717) is 0 Å². The van der Waals surface area contributed by atoms with Gasteiger partial charge in [-0.3, -0.25) is 10.1 Å². The zero-order chi connectivity index (χ0) is 14.6.